The molecule has 0 amide bonds. The highest BCUT2D eigenvalue weighted by molar-refractivity contribution is 5.76. The molecule has 0 aromatic heterocycles. The van der Waals surface area contributed by atoms with Crippen molar-refractivity contribution < 1.29 is 55.1 Å². The van der Waals surface area contributed by atoms with E-state index in [1.165, 1.54) is 5.57 Å². The number of rotatable bonds is 8. The Morgan fingerprint density at radius 1 is 0.898 bits per heavy atom. The molecule has 0 unspecified atom stereocenters. The van der Waals surface area contributed by atoms with Gasteiger partial charge in [0.1, 0.15) is 18.3 Å². The third-order valence-corrected chi connectivity index (χ3v) is 15.9. The van der Waals surface area contributed by atoms with Crippen LogP contribution in [-0.4, -0.2) is 110 Å². The van der Waals surface area contributed by atoms with Crippen LogP contribution < -0.4 is 0 Å². The van der Waals surface area contributed by atoms with Gasteiger partial charge in [-0.3, -0.25) is 4.79 Å². The molecule has 11 nitrogen and oxygen atoms in total. The van der Waals surface area contributed by atoms with E-state index < -0.39 is 59.0 Å². The molecule has 0 radical (unpaired) electrons. The van der Waals surface area contributed by atoms with Crippen LogP contribution in [0, 0.1) is 56.2 Å². The van der Waals surface area contributed by atoms with E-state index in [-0.39, 0.29) is 66.3 Å². The molecule has 5 fully saturated rings. The summed E-state index contributed by atoms with van der Waals surface area (Å²) in [6.45, 7) is 10.5. The van der Waals surface area contributed by atoms with Gasteiger partial charge in [0, 0.05) is 18.6 Å². The van der Waals surface area contributed by atoms with E-state index in [1.807, 2.05) is 6.92 Å². The quantitative estimate of drug-likeness (QED) is 0.137. The van der Waals surface area contributed by atoms with Crippen molar-refractivity contribution in [2.45, 2.75) is 136 Å². The SMILES string of the molecule is C[C@]1(CO)CC[C@]2(C(=O)O)CC[C@]3(C)C(=C[C@@H](CCCO)[C@@H]4[C@@]5(C)C[C@@H](O)[C@@H](O[C@@H]6OC[C@@H](O)[C@H](O)[C@H]6O)[C@@](C)(CO)[C@H]5CC[C@]43C)[C@@H]2C1. The smallest absolute Gasteiger partial charge is 0.310 e. The van der Waals surface area contributed by atoms with Crippen molar-refractivity contribution in [3.05, 3.63) is 11.6 Å². The normalized spacial score (nSPS) is 54.2. The summed E-state index contributed by atoms with van der Waals surface area (Å²) in [6.07, 6.45) is 1.23. The molecular formula is C38H62O11. The lowest BCUT2D eigenvalue weighted by Crippen LogP contribution is -2.70. The third-order valence-electron chi connectivity index (χ3n) is 15.9. The molecule has 5 aliphatic carbocycles. The van der Waals surface area contributed by atoms with Crippen LogP contribution in [0.2, 0.25) is 0 Å². The number of carboxylic acid groups (broad SMARTS) is 1. The highest BCUT2D eigenvalue weighted by Gasteiger charge is 2.72. The van der Waals surface area contributed by atoms with Gasteiger partial charge in [-0.05, 0) is 110 Å². The van der Waals surface area contributed by atoms with Crippen molar-refractivity contribution in [1.29, 1.82) is 0 Å². The highest BCUT2D eigenvalue weighted by Crippen LogP contribution is 2.77. The summed E-state index contributed by atoms with van der Waals surface area (Å²) in [7, 11) is 0. The Bertz CT molecular complexity index is 1290. The molecule has 1 aliphatic heterocycles. The van der Waals surface area contributed by atoms with Gasteiger partial charge in [-0.1, -0.05) is 46.3 Å². The lowest BCUT2D eigenvalue weighted by Gasteiger charge is -2.73. The summed E-state index contributed by atoms with van der Waals surface area (Å²) in [6, 6.07) is 0. The lowest BCUT2D eigenvalue weighted by atomic mass is 9.32. The molecule has 11 heteroatoms. The minimum atomic E-state index is -1.52. The van der Waals surface area contributed by atoms with Crippen molar-refractivity contribution in [3.63, 3.8) is 0 Å². The second-order valence-corrected chi connectivity index (χ2v) is 18.4. The first-order valence-corrected chi connectivity index (χ1v) is 18.7. The van der Waals surface area contributed by atoms with E-state index in [0.29, 0.717) is 44.9 Å². The molecule has 280 valence electrons. The number of fused-ring (bicyclic) bond motifs is 7. The minimum Gasteiger partial charge on any atom is -0.481 e. The van der Waals surface area contributed by atoms with Gasteiger partial charge in [0.15, 0.2) is 6.29 Å². The zero-order valence-corrected chi connectivity index (χ0v) is 30.1. The predicted molar refractivity (Wildman–Crippen MR) is 179 cm³/mol. The Morgan fingerprint density at radius 3 is 2.22 bits per heavy atom. The molecule has 1 heterocycles. The maximum absolute atomic E-state index is 13.2. The first kappa shape index (κ1) is 37.6. The van der Waals surface area contributed by atoms with Gasteiger partial charge in [-0.15, -0.1) is 0 Å². The average molecular weight is 695 g/mol. The van der Waals surface area contributed by atoms with Crippen molar-refractivity contribution in [1.82, 2.24) is 0 Å². The van der Waals surface area contributed by atoms with Crippen molar-refractivity contribution in [2.24, 2.45) is 56.2 Å². The predicted octanol–water partition coefficient (Wildman–Crippen LogP) is 2.61. The van der Waals surface area contributed by atoms with Gasteiger partial charge in [0.05, 0.1) is 30.8 Å². The summed E-state index contributed by atoms with van der Waals surface area (Å²) >= 11 is 0. The lowest BCUT2D eigenvalue weighted by molar-refractivity contribution is -0.329. The summed E-state index contributed by atoms with van der Waals surface area (Å²) in [5, 5.41) is 85.5. The molecule has 0 aromatic carbocycles. The zero-order valence-electron chi connectivity index (χ0n) is 30.1. The monoisotopic (exact) mass is 694 g/mol. The van der Waals surface area contributed by atoms with Crippen molar-refractivity contribution >= 4 is 5.97 Å². The van der Waals surface area contributed by atoms with Crippen LogP contribution in [-0.2, 0) is 14.3 Å². The van der Waals surface area contributed by atoms with Gasteiger partial charge in [-0.2, -0.15) is 0 Å². The van der Waals surface area contributed by atoms with E-state index in [4.69, 9.17) is 9.47 Å². The Kier molecular flexibility index (Phi) is 9.79. The maximum atomic E-state index is 13.2. The van der Waals surface area contributed by atoms with E-state index in [1.54, 1.807) is 0 Å². The van der Waals surface area contributed by atoms with Gasteiger partial charge in [-0.25, -0.2) is 0 Å². The number of aliphatic hydroxyl groups excluding tert-OH is 7. The Hall–Kier alpha value is -1.15. The largest absolute Gasteiger partial charge is 0.481 e. The van der Waals surface area contributed by atoms with Crippen molar-refractivity contribution in [2.75, 3.05) is 26.4 Å². The molecule has 8 N–H and O–H groups in total. The number of carboxylic acids is 1. The number of aliphatic hydroxyl groups is 7. The van der Waals surface area contributed by atoms with Crippen LogP contribution in [0.1, 0.15) is 98.8 Å². The topological polar surface area (TPSA) is 197 Å². The van der Waals surface area contributed by atoms with Gasteiger partial charge in [0.2, 0.25) is 0 Å². The average Bonchev–Trinajstić information content (AvgIpc) is 3.05. The molecule has 4 saturated carbocycles. The molecular weight excluding hydrogens is 632 g/mol. The van der Waals surface area contributed by atoms with Crippen LogP contribution in [0.3, 0.4) is 0 Å². The first-order chi connectivity index (χ1) is 22.9. The number of aliphatic carboxylic acids is 1. The zero-order chi connectivity index (χ0) is 35.9. The molecule has 6 aliphatic rings. The van der Waals surface area contributed by atoms with Crippen LogP contribution in [0.15, 0.2) is 11.6 Å². The molecule has 6 rings (SSSR count). The van der Waals surface area contributed by atoms with Crippen LogP contribution in [0.25, 0.3) is 0 Å². The first-order valence-electron chi connectivity index (χ1n) is 18.7. The molecule has 0 bridgehead atoms. The molecule has 0 aromatic rings. The van der Waals surface area contributed by atoms with E-state index in [9.17, 15) is 45.6 Å². The van der Waals surface area contributed by atoms with Crippen LogP contribution in [0.5, 0.6) is 0 Å². The summed E-state index contributed by atoms with van der Waals surface area (Å²) < 4.78 is 11.9. The van der Waals surface area contributed by atoms with Gasteiger partial charge in [0.25, 0.3) is 0 Å². The Labute approximate surface area is 290 Å². The summed E-state index contributed by atoms with van der Waals surface area (Å²) in [4.78, 5) is 13.2. The van der Waals surface area contributed by atoms with Crippen LogP contribution in [0.4, 0.5) is 0 Å². The minimum absolute atomic E-state index is 0.00678. The Morgan fingerprint density at radius 2 is 1.59 bits per heavy atom. The second-order valence-electron chi connectivity index (χ2n) is 18.4. The fourth-order valence-electron chi connectivity index (χ4n) is 13.0. The van der Waals surface area contributed by atoms with E-state index in [0.717, 1.165) is 19.3 Å². The van der Waals surface area contributed by atoms with Gasteiger partial charge >= 0.3 is 5.97 Å². The molecule has 1 saturated heterocycles. The molecule has 49 heavy (non-hydrogen) atoms. The van der Waals surface area contributed by atoms with E-state index in [2.05, 4.69) is 33.8 Å². The fraction of sp³-hybridized carbons (Fsp3) is 0.921. The number of ether oxygens (including phenoxy) is 2. The molecule has 0 spiro atoms. The number of hydrogen-bond donors (Lipinski definition) is 8. The third kappa shape index (κ3) is 5.34. The fourth-order valence-corrected chi connectivity index (χ4v) is 13.0. The highest BCUT2D eigenvalue weighted by atomic mass is 16.7. The molecule has 16 atom stereocenters. The number of allylic oxidation sites excluding steroid dienone is 2. The van der Waals surface area contributed by atoms with Crippen molar-refractivity contribution in [3.8, 4) is 0 Å². The number of carbonyl (C=O) groups is 1. The Balaban J connectivity index is 1.43. The second kappa shape index (κ2) is 12.8. The van der Waals surface area contributed by atoms with Crippen LogP contribution >= 0.6 is 0 Å². The number of hydrogen-bond acceptors (Lipinski definition) is 10. The van der Waals surface area contributed by atoms with Gasteiger partial charge < -0.3 is 50.3 Å². The summed E-state index contributed by atoms with van der Waals surface area (Å²) in [5.74, 6) is -1.02. The summed E-state index contributed by atoms with van der Waals surface area (Å²) in [5.41, 5.74) is -2.07. The maximum Gasteiger partial charge on any atom is 0.310 e. The standard InChI is InChI=1S/C38H62O11/c1-33(19-40)10-12-38(32(46)47)13-11-36(4)22(23(38)16-33)15-21(7-6-14-39)29-34(2)17-24(42)30(49-31-28(45)27(44)25(43)18-48-31)35(3,20-41)26(34)8-9-37(29,36)5/h15,21,23-31,39-45H,6-14,16-20H2,1-5H3,(H,46,47)/t21-,23+,24-,25-,26+,27+,28-,29-,30-,31+,33+,34+,35+,36-,37-,38+/m1/s1. The van der Waals surface area contributed by atoms with E-state index >= 15 is 0 Å².